The van der Waals surface area contributed by atoms with Crippen molar-refractivity contribution in [2.45, 2.75) is 65.0 Å². The van der Waals surface area contributed by atoms with Gasteiger partial charge in [-0.1, -0.05) is 71.6 Å². The molecule has 120 valence electrons. The Kier molecular flexibility index (Phi) is 5.60. The van der Waals surface area contributed by atoms with E-state index >= 15 is 0 Å². The Morgan fingerprint density at radius 2 is 1.29 bits per heavy atom. The number of hydrogen-bond acceptors (Lipinski definition) is 1. The van der Waals surface area contributed by atoms with Crippen molar-refractivity contribution in [2.75, 3.05) is 0 Å². The smallest absolute Gasteiger partial charge is 0.0430 e. The molecule has 1 aromatic rings. The summed E-state index contributed by atoms with van der Waals surface area (Å²) in [5.41, 5.74) is 0. The summed E-state index contributed by atoms with van der Waals surface area (Å²) in [4.78, 5) is 2.98. The van der Waals surface area contributed by atoms with Crippen LogP contribution in [0, 0.1) is 0 Å². The number of thiophene rings is 1. The van der Waals surface area contributed by atoms with Crippen LogP contribution in [0.4, 0.5) is 0 Å². The van der Waals surface area contributed by atoms with Crippen LogP contribution in [0.15, 0.2) is 18.7 Å². The zero-order valence-electron chi connectivity index (χ0n) is 15.6. The second kappa shape index (κ2) is 6.07. The molecule has 1 aromatic heterocycles. The molecule has 0 atom stereocenters. The molecule has 0 aliphatic carbocycles. The first-order valence-corrected chi connectivity index (χ1v) is 24.5. The van der Waals surface area contributed by atoms with Crippen LogP contribution in [-0.2, 0) is 6.04 Å². The lowest BCUT2D eigenvalue weighted by Gasteiger charge is -2.57. The van der Waals surface area contributed by atoms with Gasteiger partial charge in [-0.3, -0.25) is 0 Å². The lowest BCUT2D eigenvalue weighted by Crippen LogP contribution is -2.83. The van der Waals surface area contributed by atoms with Gasteiger partial charge in [-0.05, 0) is 18.2 Å². The highest BCUT2D eigenvalue weighted by Gasteiger charge is 2.61. The molecule has 1 heterocycles. The SMILES string of the molecule is C=Cc1ccc(C[Si]([Si](C)(C)C)([Si](C)(C)C)[Si](C)(C)C)s1. The van der Waals surface area contributed by atoms with Crippen LogP contribution in [0.5, 0.6) is 0 Å². The number of hydrogen-bond donors (Lipinski definition) is 0. The highest BCUT2D eigenvalue weighted by molar-refractivity contribution is 7.89. The molecule has 0 amide bonds. The summed E-state index contributed by atoms with van der Waals surface area (Å²) in [5.74, 6) is 0. The molecule has 0 fully saturated rings. The minimum atomic E-state index is -1.25. The lowest BCUT2D eigenvalue weighted by molar-refractivity contribution is 1.45. The summed E-state index contributed by atoms with van der Waals surface area (Å²) in [6.07, 6.45) is 2.01. The van der Waals surface area contributed by atoms with Crippen molar-refractivity contribution in [1.82, 2.24) is 0 Å². The van der Waals surface area contributed by atoms with E-state index in [0.29, 0.717) is 0 Å². The van der Waals surface area contributed by atoms with Gasteiger partial charge in [-0.15, -0.1) is 11.3 Å². The maximum atomic E-state index is 3.93. The summed E-state index contributed by atoms with van der Waals surface area (Å²) < 4.78 is 0. The van der Waals surface area contributed by atoms with E-state index in [1.54, 1.807) is 4.88 Å². The summed E-state index contributed by atoms with van der Waals surface area (Å²) in [5, 5.41) is 0. The zero-order chi connectivity index (χ0) is 16.7. The van der Waals surface area contributed by atoms with Crippen molar-refractivity contribution < 1.29 is 0 Å². The molecule has 0 aromatic carbocycles. The van der Waals surface area contributed by atoms with Gasteiger partial charge >= 0.3 is 0 Å². The van der Waals surface area contributed by atoms with Crippen LogP contribution in [0.25, 0.3) is 6.08 Å². The molecule has 0 unspecified atom stereocenters. The Morgan fingerprint density at radius 3 is 1.57 bits per heavy atom. The van der Waals surface area contributed by atoms with Crippen LogP contribution in [-0.4, -0.2) is 29.4 Å². The van der Waals surface area contributed by atoms with Crippen molar-refractivity contribution in [3.8, 4) is 0 Å². The topological polar surface area (TPSA) is 0 Å². The standard InChI is InChI=1S/C16H34SSi4/c1-11-15-12-13-16(17-15)14-21(18(2,3)4,19(5,6)7)20(8,9)10/h11-13H,1,14H2,2-10H3. The van der Waals surface area contributed by atoms with Gasteiger partial charge in [0.1, 0.15) is 0 Å². The van der Waals surface area contributed by atoms with Crippen molar-refractivity contribution in [1.29, 1.82) is 0 Å². The highest BCUT2D eigenvalue weighted by atomic mass is 32.1. The van der Waals surface area contributed by atoms with E-state index in [4.69, 9.17) is 0 Å². The molecule has 0 bridgehead atoms. The van der Waals surface area contributed by atoms with Gasteiger partial charge in [-0.2, -0.15) is 0 Å². The van der Waals surface area contributed by atoms with Crippen molar-refractivity contribution in [3.63, 3.8) is 0 Å². The molecule has 0 nitrogen and oxygen atoms in total. The fraction of sp³-hybridized carbons (Fsp3) is 0.625. The molecule has 0 aliphatic heterocycles. The molecule has 0 spiro atoms. The van der Waals surface area contributed by atoms with Crippen molar-refractivity contribution >= 4 is 46.8 Å². The van der Waals surface area contributed by atoms with Crippen LogP contribution in [0.3, 0.4) is 0 Å². The highest BCUT2D eigenvalue weighted by Crippen LogP contribution is 2.40. The minimum Gasteiger partial charge on any atom is -0.141 e. The molecule has 0 N–H and O–H groups in total. The Morgan fingerprint density at radius 1 is 0.857 bits per heavy atom. The van der Waals surface area contributed by atoms with Crippen LogP contribution >= 0.6 is 11.3 Å². The Balaban J connectivity index is 3.47. The van der Waals surface area contributed by atoms with Gasteiger partial charge in [-0.25, -0.2) is 0 Å². The van der Waals surface area contributed by atoms with Gasteiger partial charge in [0, 0.05) is 39.2 Å². The van der Waals surface area contributed by atoms with E-state index in [2.05, 4.69) is 77.6 Å². The fourth-order valence-electron chi connectivity index (χ4n) is 5.03. The monoisotopic (exact) mass is 370 g/mol. The third-order valence-electron chi connectivity index (χ3n) is 5.16. The zero-order valence-corrected chi connectivity index (χ0v) is 20.4. The Labute approximate surface area is 140 Å². The Hall–Kier alpha value is 0.308. The maximum Gasteiger partial charge on any atom is 0.0430 e. The Bertz CT molecular complexity index is 462. The molecule has 1 rings (SSSR count). The van der Waals surface area contributed by atoms with Gasteiger partial charge in [0.05, 0.1) is 0 Å². The third-order valence-corrected chi connectivity index (χ3v) is 80.2. The van der Waals surface area contributed by atoms with E-state index in [1.165, 1.54) is 10.9 Å². The van der Waals surface area contributed by atoms with E-state index < -0.39 is 29.4 Å². The average Bonchev–Trinajstić information content (AvgIpc) is 2.67. The summed E-state index contributed by atoms with van der Waals surface area (Å²) in [6.45, 7) is 26.8. The summed E-state index contributed by atoms with van der Waals surface area (Å²) in [7, 11) is -3.44. The minimum absolute atomic E-state index is 1.15. The van der Waals surface area contributed by atoms with Crippen LogP contribution in [0.2, 0.25) is 58.9 Å². The van der Waals surface area contributed by atoms with Crippen molar-refractivity contribution in [2.24, 2.45) is 0 Å². The first-order valence-electron chi connectivity index (χ1n) is 7.97. The quantitative estimate of drug-likeness (QED) is 0.525. The first kappa shape index (κ1) is 19.4. The molecular formula is C16H34SSi4. The fourth-order valence-corrected chi connectivity index (χ4v) is 104. The van der Waals surface area contributed by atoms with Gasteiger partial charge < -0.3 is 0 Å². The number of rotatable bonds is 6. The average molecular weight is 371 g/mol. The van der Waals surface area contributed by atoms with E-state index in [0.717, 1.165) is 0 Å². The molecule has 0 saturated carbocycles. The largest absolute Gasteiger partial charge is 0.141 e. The molecule has 21 heavy (non-hydrogen) atoms. The second-order valence-corrected chi connectivity index (χ2v) is 51.9. The van der Waals surface area contributed by atoms with E-state index in [1.807, 2.05) is 17.4 Å². The molecule has 0 aliphatic rings. The maximum absolute atomic E-state index is 3.93. The van der Waals surface area contributed by atoms with E-state index in [-0.39, 0.29) is 0 Å². The van der Waals surface area contributed by atoms with Crippen LogP contribution < -0.4 is 0 Å². The van der Waals surface area contributed by atoms with Crippen molar-refractivity contribution in [3.05, 3.63) is 28.5 Å². The second-order valence-electron chi connectivity index (χ2n) is 9.34. The molecular weight excluding hydrogens is 337 g/mol. The molecule has 5 heteroatoms. The molecule has 0 saturated heterocycles. The van der Waals surface area contributed by atoms with Gasteiger partial charge in [0.25, 0.3) is 0 Å². The summed E-state index contributed by atoms with van der Waals surface area (Å²) in [6, 6.07) is 6.11. The van der Waals surface area contributed by atoms with Gasteiger partial charge in [0.15, 0.2) is 0 Å². The van der Waals surface area contributed by atoms with Crippen LogP contribution in [0.1, 0.15) is 9.75 Å². The predicted octanol–water partition coefficient (Wildman–Crippen LogP) is 6.17. The van der Waals surface area contributed by atoms with E-state index in [9.17, 15) is 0 Å². The third kappa shape index (κ3) is 3.63. The summed E-state index contributed by atoms with van der Waals surface area (Å²) >= 11 is 1.99. The predicted molar refractivity (Wildman–Crippen MR) is 114 cm³/mol. The lowest BCUT2D eigenvalue weighted by atomic mass is 10.4. The first-order chi connectivity index (χ1) is 9.26. The van der Waals surface area contributed by atoms with Gasteiger partial charge in [0.2, 0.25) is 0 Å². The molecule has 0 radical (unpaired) electrons. The normalized spacial score (nSPS) is 14.3.